The third-order valence-corrected chi connectivity index (χ3v) is 3.11. The molecule has 3 nitrogen and oxygen atoms in total. The number of terminal acetylenes is 1. The first-order valence-electron chi connectivity index (χ1n) is 3.92. The first-order valence-corrected chi connectivity index (χ1v) is 5.77. The molecule has 0 bridgehead atoms. The van der Waals surface area contributed by atoms with Crippen molar-refractivity contribution in [2.24, 2.45) is 5.92 Å². The van der Waals surface area contributed by atoms with E-state index in [4.69, 9.17) is 6.42 Å². The minimum absolute atomic E-state index is 0.204. The van der Waals surface area contributed by atoms with Gasteiger partial charge in [0.15, 0.2) is 0 Å². The van der Waals surface area contributed by atoms with E-state index in [1.165, 1.54) is 10.6 Å². The van der Waals surface area contributed by atoms with E-state index in [9.17, 15) is 8.42 Å². The fourth-order valence-electron chi connectivity index (χ4n) is 1.01. The fraction of sp³-hybridized carbons (Fsp3) is 0.750. The summed E-state index contributed by atoms with van der Waals surface area (Å²) in [6.45, 7) is 0.804. The van der Waals surface area contributed by atoms with E-state index < -0.39 is 10.0 Å². The molecule has 0 spiro atoms. The quantitative estimate of drug-likeness (QED) is 0.593. The van der Waals surface area contributed by atoms with Gasteiger partial charge in [0.1, 0.15) is 0 Å². The second kappa shape index (κ2) is 3.46. The molecule has 0 saturated heterocycles. The number of sulfonamides is 1. The molecule has 0 atom stereocenters. The first-order chi connectivity index (χ1) is 5.54. The maximum Gasteiger partial charge on any atom is 0.212 e. The minimum Gasteiger partial charge on any atom is -0.212 e. The maximum absolute atomic E-state index is 11.1. The van der Waals surface area contributed by atoms with Crippen LogP contribution < -0.4 is 0 Å². The molecular formula is C8H13NO2S. The van der Waals surface area contributed by atoms with Gasteiger partial charge >= 0.3 is 0 Å². The van der Waals surface area contributed by atoms with Crippen LogP contribution in [-0.4, -0.2) is 32.1 Å². The zero-order valence-electron chi connectivity index (χ0n) is 7.16. The normalized spacial score (nSPS) is 17.8. The van der Waals surface area contributed by atoms with Crippen molar-refractivity contribution in [3.63, 3.8) is 0 Å². The van der Waals surface area contributed by atoms with E-state index in [0.29, 0.717) is 12.5 Å². The summed E-state index contributed by atoms with van der Waals surface area (Å²) in [5, 5.41) is 0. The third kappa shape index (κ3) is 2.84. The van der Waals surface area contributed by atoms with Crippen molar-refractivity contribution < 1.29 is 8.42 Å². The molecule has 0 amide bonds. The summed E-state index contributed by atoms with van der Waals surface area (Å²) in [7, 11) is -3.09. The van der Waals surface area contributed by atoms with Gasteiger partial charge in [-0.15, -0.1) is 6.42 Å². The predicted octanol–water partition coefficient (Wildman–Crippen LogP) is 0.291. The van der Waals surface area contributed by atoms with Gasteiger partial charge in [-0.2, -0.15) is 4.31 Å². The standard InChI is InChI=1S/C8H13NO2S/c1-3-6-9(12(2,10)11)7-8-4-5-8/h1,8H,4-7H2,2H3. The Labute approximate surface area is 73.8 Å². The van der Waals surface area contributed by atoms with Gasteiger partial charge in [-0.05, 0) is 18.8 Å². The van der Waals surface area contributed by atoms with Gasteiger partial charge in [0.2, 0.25) is 10.0 Å². The van der Waals surface area contributed by atoms with Crippen LogP contribution in [0.2, 0.25) is 0 Å². The molecule has 0 radical (unpaired) electrons. The van der Waals surface area contributed by atoms with E-state index in [-0.39, 0.29) is 6.54 Å². The number of hydrogen-bond donors (Lipinski definition) is 0. The third-order valence-electron chi connectivity index (χ3n) is 1.90. The van der Waals surface area contributed by atoms with Crippen LogP contribution in [-0.2, 0) is 10.0 Å². The Hall–Kier alpha value is -0.530. The van der Waals surface area contributed by atoms with E-state index in [2.05, 4.69) is 5.92 Å². The van der Waals surface area contributed by atoms with Gasteiger partial charge in [-0.25, -0.2) is 8.42 Å². The van der Waals surface area contributed by atoms with Crippen molar-refractivity contribution in [2.75, 3.05) is 19.3 Å². The van der Waals surface area contributed by atoms with Crippen molar-refractivity contribution in [2.45, 2.75) is 12.8 Å². The number of hydrogen-bond acceptors (Lipinski definition) is 2. The lowest BCUT2D eigenvalue weighted by Gasteiger charge is -2.16. The molecule has 1 fully saturated rings. The molecule has 0 aliphatic heterocycles. The molecule has 4 heteroatoms. The second-order valence-electron chi connectivity index (χ2n) is 3.20. The lowest BCUT2D eigenvalue weighted by molar-refractivity contribution is 0.434. The number of nitrogens with zero attached hydrogens (tertiary/aromatic N) is 1. The van der Waals surface area contributed by atoms with Crippen molar-refractivity contribution in [1.82, 2.24) is 4.31 Å². The summed E-state index contributed by atoms with van der Waals surface area (Å²) in [5.74, 6) is 2.90. The molecule has 0 heterocycles. The summed E-state index contributed by atoms with van der Waals surface area (Å²) in [6.07, 6.45) is 8.54. The summed E-state index contributed by atoms with van der Waals surface area (Å²) in [6, 6.07) is 0. The summed E-state index contributed by atoms with van der Waals surface area (Å²) < 4.78 is 23.6. The van der Waals surface area contributed by atoms with Gasteiger partial charge < -0.3 is 0 Å². The van der Waals surface area contributed by atoms with Crippen LogP contribution in [0.3, 0.4) is 0 Å². The van der Waals surface area contributed by atoms with Crippen molar-refractivity contribution in [1.29, 1.82) is 0 Å². The van der Waals surface area contributed by atoms with Crippen molar-refractivity contribution >= 4 is 10.0 Å². The highest BCUT2D eigenvalue weighted by Crippen LogP contribution is 2.30. The van der Waals surface area contributed by atoms with E-state index >= 15 is 0 Å². The zero-order valence-corrected chi connectivity index (χ0v) is 7.97. The highest BCUT2D eigenvalue weighted by Gasteiger charge is 2.27. The molecule has 0 unspecified atom stereocenters. The lowest BCUT2D eigenvalue weighted by atomic mass is 10.4. The molecule has 1 aliphatic rings. The molecule has 1 saturated carbocycles. The van der Waals surface area contributed by atoms with Crippen LogP contribution in [0.1, 0.15) is 12.8 Å². The van der Waals surface area contributed by atoms with Crippen LogP contribution in [0.25, 0.3) is 0 Å². The van der Waals surface area contributed by atoms with Gasteiger partial charge in [0.05, 0.1) is 12.8 Å². The van der Waals surface area contributed by atoms with E-state index in [1.54, 1.807) is 0 Å². The highest BCUT2D eigenvalue weighted by molar-refractivity contribution is 7.88. The summed E-state index contributed by atoms with van der Waals surface area (Å²) in [5.41, 5.74) is 0. The average molecular weight is 187 g/mol. The molecule has 0 aromatic carbocycles. The molecule has 68 valence electrons. The smallest absolute Gasteiger partial charge is 0.212 e. The van der Waals surface area contributed by atoms with Crippen LogP contribution in [0, 0.1) is 18.3 Å². The summed E-state index contributed by atoms with van der Waals surface area (Å²) in [4.78, 5) is 0. The fourth-order valence-corrected chi connectivity index (χ4v) is 1.80. The van der Waals surface area contributed by atoms with E-state index in [1.807, 2.05) is 0 Å². The molecule has 0 aromatic heterocycles. The van der Waals surface area contributed by atoms with Gasteiger partial charge in [0, 0.05) is 6.54 Å². The Morgan fingerprint density at radius 2 is 2.17 bits per heavy atom. The van der Waals surface area contributed by atoms with Gasteiger partial charge in [-0.1, -0.05) is 5.92 Å². The van der Waals surface area contributed by atoms with Crippen LogP contribution >= 0.6 is 0 Å². The Kier molecular flexibility index (Phi) is 2.76. The SMILES string of the molecule is C#CCN(CC1CC1)S(C)(=O)=O. The molecule has 1 rings (SSSR count). The first kappa shape index (κ1) is 9.56. The highest BCUT2D eigenvalue weighted by atomic mass is 32.2. The molecular weight excluding hydrogens is 174 g/mol. The van der Waals surface area contributed by atoms with Crippen molar-refractivity contribution in [3.8, 4) is 12.3 Å². The Morgan fingerprint density at radius 3 is 2.50 bits per heavy atom. The van der Waals surface area contributed by atoms with Crippen molar-refractivity contribution in [3.05, 3.63) is 0 Å². The molecule has 0 N–H and O–H groups in total. The largest absolute Gasteiger partial charge is 0.212 e. The average Bonchev–Trinajstić information content (AvgIpc) is 2.68. The second-order valence-corrected chi connectivity index (χ2v) is 5.19. The zero-order chi connectivity index (χ0) is 9.19. The molecule has 0 aromatic rings. The molecule has 1 aliphatic carbocycles. The topological polar surface area (TPSA) is 37.4 Å². The molecule has 12 heavy (non-hydrogen) atoms. The maximum atomic E-state index is 11.1. The summed E-state index contributed by atoms with van der Waals surface area (Å²) >= 11 is 0. The van der Waals surface area contributed by atoms with Crippen LogP contribution in [0.15, 0.2) is 0 Å². The van der Waals surface area contributed by atoms with E-state index in [0.717, 1.165) is 12.8 Å². The van der Waals surface area contributed by atoms with Gasteiger partial charge in [0.25, 0.3) is 0 Å². The van der Waals surface area contributed by atoms with Gasteiger partial charge in [-0.3, -0.25) is 0 Å². The van der Waals surface area contributed by atoms with Crippen LogP contribution in [0.4, 0.5) is 0 Å². The Bertz CT molecular complexity index is 285. The Balaban J connectivity index is 2.54. The minimum atomic E-state index is -3.09. The number of rotatable bonds is 4. The monoisotopic (exact) mass is 187 g/mol. The van der Waals surface area contributed by atoms with Crippen LogP contribution in [0.5, 0.6) is 0 Å². The predicted molar refractivity (Wildman–Crippen MR) is 48.0 cm³/mol. The lowest BCUT2D eigenvalue weighted by Crippen LogP contribution is -2.32. The Morgan fingerprint density at radius 1 is 1.58 bits per heavy atom.